The van der Waals surface area contributed by atoms with Crippen molar-refractivity contribution < 1.29 is 4.79 Å². The van der Waals surface area contributed by atoms with Crippen LogP contribution in [-0.4, -0.2) is 40.2 Å². The van der Waals surface area contributed by atoms with Crippen LogP contribution in [0.15, 0.2) is 30.5 Å². The number of aromatic nitrogens is 2. The zero-order valence-electron chi connectivity index (χ0n) is 12.9. The molecule has 0 spiro atoms. The summed E-state index contributed by atoms with van der Waals surface area (Å²) in [4.78, 5) is 14.5. The van der Waals surface area contributed by atoms with Gasteiger partial charge < -0.3 is 10.6 Å². The molecule has 2 heterocycles. The number of rotatable bonds is 3. The van der Waals surface area contributed by atoms with Crippen molar-refractivity contribution in [2.45, 2.75) is 13.3 Å². The quantitative estimate of drug-likeness (QED) is 0.921. The van der Waals surface area contributed by atoms with Gasteiger partial charge >= 0.3 is 0 Å². The van der Waals surface area contributed by atoms with Crippen molar-refractivity contribution in [3.8, 4) is 5.69 Å². The second-order valence-corrected chi connectivity index (χ2v) is 6.13. The summed E-state index contributed by atoms with van der Waals surface area (Å²) in [5.74, 6) is 0.448. The molecular weight excluding hydrogens is 335 g/mol. The largest absolute Gasteiger partial charge is 0.338 e. The van der Waals surface area contributed by atoms with Gasteiger partial charge in [0.15, 0.2) is 0 Å². The molecule has 1 aromatic carbocycles. The minimum atomic E-state index is 0. The Kier molecular flexibility index (Phi) is 5.68. The topological polar surface area (TPSA) is 64.2 Å². The molecule has 1 unspecified atom stereocenters. The maximum atomic E-state index is 12.6. The van der Waals surface area contributed by atoms with Crippen LogP contribution in [0.5, 0.6) is 0 Å². The number of benzene rings is 1. The van der Waals surface area contributed by atoms with Gasteiger partial charge in [0.25, 0.3) is 5.91 Å². The summed E-state index contributed by atoms with van der Waals surface area (Å²) in [7, 11) is 0. The van der Waals surface area contributed by atoms with Gasteiger partial charge in [-0.15, -0.1) is 12.4 Å². The maximum Gasteiger partial charge on any atom is 0.257 e. The number of carbonyl (C=O) groups is 1. The van der Waals surface area contributed by atoms with E-state index >= 15 is 0 Å². The standard InChI is InChI=1S/C16H19ClN4O.ClH/c1-11-15(16(22)20-7-6-12(8-18)9-20)10-21(19-11)14-4-2-13(17)3-5-14;/h2-5,10,12H,6-9,18H2,1H3;1H. The SMILES string of the molecule is Cc1nn(-c2ccc(Cl)cc2)cc1C(=O)N1CCC(CN)C1.Cl. The average molecular weight is 355 g/mol. The molecule has 0 radical (unpaired) electrons. The Balaban J connectivity index is 0.00000192. The van der Waals surface area contributed by atoms with Crippen molar-refractivity contribution in [3.63, 3.8) is 0 Å². The van der Waals surface area contributed by atoms with E-state index in [0.29, 0.717) is 23.0 Å². The fourth-order valence-corrected chi connectivity index (χ4v) is 2.90. The first-order valence-corrected chi connectivity index (χ1v) is 7.78. The molecule has 1 amide bonds. The van der Waals surface area contributed by atoms with E-state index in [-0.39, 0.29) is 18.3 Å². The minimum Gasteiger partial charge on any atom is -0.338 e. The molecular formula is C16H20Cl2N4O. The Bertz CT molecular complexity index is 684. The van der Waals surface area contributed by atoms with E-state index in [1.54, 1.807) is 10.9 Å². The van der Waals surface area contributed by atoms with Crippen molar-refractivity contribution >= 4 is 29.9 Å². The summed E-state index contributed by atoms with van der Waals surface area (Å²) < 4.78 is 1.72. The average Bonchev–Trinajstić information content (AvgIpc) is 3.14. The molecule has 7 heteroatoms. The fourth-order valence-electron chi connectivity index (χ4n) is 2.78. The third-order valence-corrected chi connectivity index (χ3v) is 4.38. The van der Waals surface area contributed by atoms with Gasteiger partial charge in [-0.3, -0.25) is 4.79 Å². The van der Waals surface area contributed by atoms with Crippen LogP contribution in [0.25, 0.3) is 5.69 Å². The number of carbonyl (C=O) groups excluding carboxylic acids is 1. The lowest BCUT2D eigenvalue weighted by molar-refractivity contribution is 0.0787. The Hall–Kier alpha value is -1.56. The van der Waals surface area contributed by atoms with Gasteiger partial charge in [0.2, 0.25) is 0 Å². The number of nitrogens with two attached hydrogens (primary N) is 1. The number of hydrogen-bond acceptors (Lipinski definition) is 3. The number of hydrogen-bond donors (Lipinski definition) is 1. The maximum absolute atomic E-state index is 12.6. The van der Waals surface area contributed by atoms with Gasteiger partial charge in [0, 0.05) is 24.3 Å². The van der Waals surface area contributed by atoms with E-state index in [1.165, 1.54) is 0 Å². The van der Waals surface area contributed by atoms with Crippen molar-refractivity contribution in [1.82, 2.24) is 14.7 Å². The molecule has 2 aromatic rings. The lowest BCUT2D eigenvalue weighted by Gasteiger charge is -2.15. The first kappa shape index (κ1) is 17.8. The van der Waals surface area contributed by atoms with Crippen LogP contribution in [0.1, 0.15) is 22.5 Å². The Morgan fingerprint density at radius 1 is 1.39 bits per heavy atom. The van der Waals surface area contributed by atoms with E-state index in [1.807, 2.05) is 36.1 Å². The number of likely N-dealkylation sites (tertiary alicyclic amines) is 1. The van der Waals surface area contributed by atoms with Crippen LogP contribution in [0.3, 0.4) is 0 Å². The highest BCUT2D eigenvalue weighted by Crippen LogP contribution is 2.20. The van der Waals surface area contributed by atoms with E-state index < -0.39 is 0 Å². The Labute approximate surface area is 146 Å². The monoisotopic (exact) mass is 354 g/mol. The number of halogens is 2. The van der Waals surface area contributed by atoms with E-state index in [9.17, 15) is 4.79 Å². The molecule has 23 heavy (non-hydrogen) atoms. The highest BCUT2D eigenvalue weighted by Gasteiger charge is 2.28. The van der Waals surface area contributed by atoms with E-state index in [0.717, 1.165) is 30.9 Å². The van der Waals surface area contributed by atoms with Gasteiger partial charge in [0.1, 0.15) is 0 Å². The molecule has 1 aliphatic rings. The zero-order valence-corrected chi connectivity index (χ0v) is 14.5. The van der Waals surface area contributed by atoms with Crippen molar-refractivity contribution in [3.05, 3.63) is 46.7 Å². The Morgan fingerprint density at radius 3 is 2.70 bits per heavy atom. The summed E-state index contributed by atoms with van der Waals surface area (Å²) in [6.45, 7) is 4.00. The highest BCUT2D eigenvalue weighted by molar-refractivity contribution is 6.30. The van der Waals surface area contributed by atoms with Crippen LogP contribution < -0.4 is 5.73 Å². The molecule has 2 N–H and O–H groups in total. The predicted molar refractivity (Wildman–Crippen MR) is 93.6 cm³/mol. The van der Waals surface area contributed by atoms with Gasteiger partial charge in [-0.05, 0) is 50.1 Å². The molecule has 5 nitrogen and oxygen atoms in total. The zero-order chi connectivity index (χ0) is 15.7. The third-order valence-electron chi connectivity index (χ3n) is 4.13. The van der Waals surface area contributed by atoms with E-state index in [4.69, 9.17) is 17.3 Å². The lowest BCUT2D eigenvalue weighted by atomic mass is 10.1. The second kappa shape index (κ2) is 7.34. The van der Waals surface area contributed by atoms with Crippen molar-refractivity contribution in [2.24, 2.45) is 11.7 Å². The van der Waals surface area contributed by atoms with Gasteiger partial charge in [-0.1, -0.05) is 11.6 Å². The predicted octanol–water partition coefficient (Wildman–Crippen LogP) is 2.68. The molecule has 1 atom stereocenters. The molecule has 0 aliphatic carbocycles. The molecule has 1 aliphatic heterocycles. The van der Waals surface area contributed by atoms with Crippen LogP contribution >= 0.6 is 24.0 Å². The number of amides is 1. The molecule has 124 valence electrons. The van der Waals surface area contributed by atoms with E-state index in [2.05, 4.69) is 5.10 Å². The van der Waals surface area contributed by atoms with Crippen LogP contribution in [0.2, 0.25) is 5.02 Å². The van der Waals surface area contributed by atoms with Gasteiger partial charge in [0.05, 0.1) is 16.9 Å². The summed E-state index contributed by atoms with van der Waals surface area (Å²) in [6.07, 6.45) is 2.77. The first-order valence-electron chi connectivity index (χ1n) is 7.40. The van der Waals surface area contributed by atoms with Crippen LogP contribution in [0, 0.1) is 12.8 Å². The second-order valence-electron chi connectivity index (χ2n) is 5.69. The molecule has 0 bridgehead atoms. The van der Waals surface area contributed by atoms with Gasteiger partial charge in [-0.25, -0.2) is 4.68 Å². The molecule has 0 saturated carbocycles. The highest BCUT2D eigenvalue weighted by atomic mass is 35.5. The van der Waals surface area contributed by atoms with Gasteiger partial charge in [-0.2, -0.15) is 5.10 Å². The lowest BCUT2D eigenvalue weighted by Crippen LogP contribution is -2.30. The molecule has 1 fully saturated rings. The summed E-state index contributed by atoms with van der Waals surface area (Å²) in [6, 6.07) is 7.37. The third kappa shape index (κ3) is 3.68. The summed E-state index contributed by atoms with van der Waals surface area (Å²) in [5.41, 5.74) is 7.95. The smallest absolute Gasteiger partial charge is 0.257 e. The number of aryl methyl sites for hydroxylation is 1. The first-order chi connectivity index (χ1) is 10.6. The minimum absolute atomic E-state index is 0. The van der Waals surface area contributed by atoms with Crippen molar-refractivity contribution in [2.75, 3.05) is 19.6 Å². The molecule has 1 saturated heterocycles. The fraction of sp³-hybridized carbons (Fsp3) is 0.375. The summed E-state index contributed by atoms with van der Waals surface area (Å²) in [5, 5.41) is 5.12. The summed E-state index contributed by atoms with van der Waals surface area (Å²) >= 11 is 5.90. The van der Waals surface area contributed by atoms with Crippen LogP contribution in [0.4, 0.5) is 0 Å². The molecule has 3 rings (SSSR count). The Morgan fingerprint density at radius 2 is 2.09 bits per heavy atom. The molecule has 1 aromatic heterocycles. The van der Waals surface area contributed by atoms with Crippen LogP contribution in [-0.2, 0) is 0 Å². The normalized spacial score (nSPS) is 17.2. The number of nitrogens with zero attached hydrogens (tertiary/aromatic N) is 3. The van der Waals surface area contributed by atoms with Crippen molar-refractivity contribution in [1.29, 1.82) is 0 Å².